The molecule has 1 aliphatic heterocycles. The maximum absolute atomic E-state index is 12.8. The van der Waals surface area contributed by atoms with Crippen LogP contribution in [-0.4, -0.2) is 89.4 Å². The molecule has 0 radical (unpaired) electrons. The molecule has 1 atom stereocenters. The Kier molecular flexibility index (Phi) is 7.06. The molecule has 0 bridgehead atoms. The molecule has 164 valence electrons. The first kappa shape index (κ1) is 21.6. The summed E-state index contributed by atoms with van der Waals surface area (Å²) in [5, 5.41) is 21.7. The lowest BCUT2D eigenvalue weighted by Crippen LogP contribution is -2.47. The molecule has 1 fully saturated rings. The summed E-state index contributed by atoms with van der Waals surface area (Å²) in [5.41, 5.74) is 1.43. The number of aromatic nitrogens is 1. The van der Waals surface area contributed by atoms with E-state index in [0.29, 0.717) is 25.0 Å². The van der Waals surface area contributed by atoms with Crippen molar-refractivity contribution in [1.82, 2.24) is 14.8 Å². The van der Waals surface area contributed by atoms with Crippen LogP contribution in [0.25, 0.3) is 10.8 Å². The summed E-state index contributed by atoms with van der Waals surface area (Å²) >= 11 is 0. The van der Waals surface area contributed by atoms with Crippen molar-refractivity contribution in [3.05, 3.63) is 53.6 Å². The highest BCUT2D eigenvalue weighted by Gasteiger charge is 2.28. The minimum Gasteiger partial charge on any atom is -0.511 e. The first-order valence-corrected chi connectivity index (χ1v) is 11.0. The van der Waals surface area contributed by atoms with Gasteiger partial charge in [0, 0.05) is 76.1 Å². The Labute approximate surface area is 182 Å². The molecule has 0 spiro atoms. The lowest BCUT2D eigenvalue weighted by Gasteiger charge is -2.33. The number of carbonyl (C=O) groups excluding carboxylic acids is 1. The van der Waals surface area contributed by atoms with Gasteiger partial charge in [-0.3, -0.25) is 24.6 Å². The number of allylic oxidation sites excluding steroid dienone is 2. The van der Waals surface area contributed by atoms with E-state index in [1.165, 1.54) is 0 Å². The van der Waals surface area contributed by atoms with E-state index in [1.54, 1.807) is 12.4 Å². The van der Waals surface area contributed by atoms with E-state index in [1.807, 2.05) is 30.5 Å². The second kappa shape index (κ2) is 10.1. The van der Waals surface area contributed by atoms with Gasteiger partial charge in [-0.15, -0.1) is 0 Å². The van der Waals surface area contributed by atoms with Gasteiger partial charge in [-0.05, 0) is 22.9 Å². The van der Waals surface area contributed by atoms with Crippen LogP contribution in [0.3, 0.4) is 0 Å². The lowest BCUT2D eigenvalue weighted by atomic mass is 9.81. The van der Waals surface area contributed by atoms with Gasteiger partial charge in [-0.25, -0.2) is 0 Å². The van der Waals surface area contributed by atoms with Crippen LogP contribution in [0.2, 0.25) is 0 Å². The Morgan fingerprint density at radius 1 is 1.10 bits per heavy atom. The molecular formula is C24H30N4O3. The summed E-state index contributed by atoms with van der Waals surface area (Å²) in [6.07, 6.45) is 5.96. The van der Waals surface area contributed by atoms with Gasteiger partial charge in [-0.1, -0.05) is 18.2 Å². The first-order chi connectivity index (χ1) is 15.2. The van der Waals surface area contributed by atoms with Crippen molar-refractivity contribution in [3.8, 4) is 0 Å². The maximum Gasteiger partial charge on any atom is 0.168 e. The number of pyridine rings is 1. The second-order valence-electron chi connectivity index (χ2n) is 8.27. The molecule has 1 aromatic heterocycles. The molecule has 0 amide bonds. The summed E-state index contributed by atoms with van der Waals surface area (Å²) < 4.78 is 0. The smallest absolute Gasteiger partial charge is 0.168 e. The molecular weight excluding hydrogens is 392 g/mol. The monoisotopic (exact) mass is 422 g/mol. The fraction of sp³-hybridized carbons (Fsp3) is 0.458. The molecule has 7 nitrogen and oxygen atoms in total. The number of ketones is 1. The summed E-state index contributed by atoms with van der Waals surface area (Å²) in [6, 6.07) is 7.99. The van der Waals surface area contributed by atoms with E-state index >= 15 is 0 Å². The summed E-state index contributed by atoms with van der Waals surface area (Å²) in [6.45, 7) is 6.21. The minimum atomic E-state index is -0.0545. The average molecular weight is 423 g/mol. The van der Waals surface area contributed by atoms with Crippen molar-refractivity contribution >= 4 is 22.8 Å². The van der Waals surface area contributed by atoms with Crippen molar-refractivity contribution in [2.75, 3.05) is 52.4 Å². The van der Waals surface area contributed by atoms with Crippen LogP contribution in [0.15, 0.2) is 53.0 Å². The summed E-state index contributed by atoms with van der Waals surface area (Å²) in [5.74, 6) is 0.0424. The van der Waals surface area contributed by atoms with Gasteiger partial charge in [0.25, 0.3) is 0 Å². The van der Waals surface area contributed by atoms with E-state index in [9.17, 15) is 9.90 Å². The zero-order valence-electron chi connectivity index (χ0n) is 17.8. The first-order valence-electron chi connectivity index (χ1n) is 11.0. The van der Waals surface area contributed by atoms with Gasteiger partial charge >= 0.3 is 0 Å². The van der Waals surface area contributed by atoms with Gasteiger partial charge in [0.05, 0.1) is 18.7 Å². The molecule has 1 saturated heterocycles. The normalized spacial score (nSPS) is 21.5. The average Bonchev–Trinajstić information content (AvgIpc) is 2.79. The van der Waals surface area contributed by atoms with Crippen LogP contribution in [-0.2, 0) is 4.79 Å². The third-order valence-electron chi connectivity index (χ3n) is 6.28. The van der Waals surface area contributed by atoms with Gasteiger partial charge < -0.3 is 10.2 Å². The standard InChI is InChI=1S/C24H30N4O3/c29-13-12-28-10-8-27(9-11-28)7-6-26-17-22-23(30)14-19(15-24(22)31)20-3-1-2-18-16-25-5-4-21(18)20/h1-5,16-17,19,29-30H,6-15H2. The largest absolute Gasteiger partial charge is 0.511 e. The van der Waals surface area contributed by atoms with Crippen LogP contribution < -0.4 is 0 Å². The summed E-state index contributed by atoms with van der Waals surface area (Å²) in [4.78, 5) is 26.0. The number of aliphatic hydroxyl groups is 2. The number of nitrogens with zero attached hydrogens (tertiary/aromatic N) is 4. The lowest BCUT2D eigenvalue weighted by molar-refractivity contribution is -0.116. The molecule has 1 unspecified atom stereocenters. The van der Waals surface area contributed by atoms with E-state index < -0.39 is 0 Å². The number of aliphatic hydroxyl groups excluding tert-OH is 2. The van der Waals surface area contributed by atoms with Gasteiger partial charge in [-0.2, -0.15) is 0 Å². The SMILES string of the molecule is O=C1CC(c2cccc3cnccc23)CC(O)=C1C=NCCN1CCN(CCO)CC1. The Bertz CT molecular complexity index is 974. The fourth-order valence-electron chi connectivity index (χ4n) is 4.51. The molecule has 31 heavy (non-hydrogen) atoms. The number of aliphatic imine (C=N–C) groups is 1. The number of β-amino-alcohol motifs (C(OH)–C–C–N with tert-alkyl or cyclic N) is 1. The van der Waals surface area contributed by atoms with Gasteiger partial charge in [0.2, 0.25) is 0 Å². The predicted octanol–water partition coefficient (Wildman–Crippen LogP) is 2.17. The highest BCUT2D eigenvalue weighted by Crippen LogP contribution is 2.36. The van der Waals surface area contributed by atoms with Crippen LogP contribution in [0.5, 0.6) is 0 Å². The zero-order chi connectivity index (χ0) is 21.6. The highest BCUT2D eigenvalue weighted by atomic mass is 16.3. The van der Waals surface area contributed by atoms with E-state index in [0.717, 1.165) is 55.6 Å². The number of carbonyl (C=O) groups is 1. The summed E-state index contributed by atoms with van der Waals surface area (Å²) in [7, 11) is 0. The van der Waals surface area contributed by atoms with Crippen LogP contribution in [0.1, 0.15) is 24.3 Å². The molecule has 0 saturated carbocycles. The van der Waals surface area contributed by atoms with Crippen molar-refractivity contribution in [1.29, 1.82) is 0 Å². The van der Waals surface area contributed by atoms with Crippen molar-refractivity contribution in [2.24, 2.45) is 4.99 Å². The second-order valence-corrected chi connectivity index (χ2v) is 8.27. The van der Waals surface area contributed by atoms with Crippen molar-refractivity contribution in [2.45, 2.75) is 18.8 Å². The number of hydrogen-bond acceptors (Lipinski definition) is 7. The van der Waals surface area contributed by atoms with Gasteiger partial charge in [0.15, 0.2) is 5.78 Å². The Morgan fingerprint density at radius 2 is 1.87 bits per heavy atom. The number of rotatable bonds is 7. The van der Waals surface area contributed by atoms with Crippen LogP contribution in [0, 0.1) is 0 Å². The molecule has 7 heteroatoms. The minimum absolute atomic E-state index is 0.0361. The van der Waals surface area contributed by atoms with Crippen LogP contribution >= 0.6 is 0 Å². The highest BCUT2D eigenvalue weighted by molar-refractivity contribution is 6.14. The number of Topliss-reactive ketones (excluding diaryl/α,β-unsaturated/α-hetero) is 1. The van der Waals surface area contributed by atoms with E-state index in [-0.39, 0.29) is 24.1 Å². The molecule has 2 aliphatic rings. The number of fused-ring (bicyclic) bond motifs is 1. The Morgan fingerprint density at radius 3 is 2.61 bits per heavy atom. The van der Waals surface area contributed by atoms with Crippen molar-refractivity contribution in [3.63, 3.8) is 0 Å². The quantitative estimate of drug-likeness (QED) is 0.665. The van der Waals surface area contributed by atoms with Gasteiger partial charge in [0.1, 0.15) is 5.76 Å². The van der Waals surface area contributed by atoms with Crippen LogP contribution in [0.4, 0.5) is 0 Å². The Balaban J connectivity index is 1.35. The number of hydrogen-bond donors (Lipinski definition) is 2. The maximum atomic E-state index is 12.8. The zero-order valence-corrected chi connectivity index (χ0v) is 17.8. The molecule has 2 aromatic rings. The molecule has 2 N–H and O–H groups in total. The Hall–Kier alpha value is -2.61. The van der Waals surface area contributed by atoms with E-state index in [4.69, 9.17) is 5.11 Å². The van der Waals surface area contributed by atoms with Crippen molar-refractivity contribution < 1.29 is 15.0 Å². The fourth-order valence-corrected chi connectivity index (χ4v) is 4.51. The number of benzene rings is 1. The molecule has 1 aliphatic carbocycles. The topological polar surface area (TPSA) is 89.3 Å². The molecule has 4 rings (SSSR count). The molecule has 2 heterocycles. The predicted molar refractivity (Wildman–Crippen MR) is 122 cm³/mol. The van der Waals surface area contributed by atoms with E-state index in [2.05, 4.69) is 19.8 Å². The number of piperazine rings is 1. The third-order valence-corrected chi connectivity index (χ3v) is 6.28. The molecule has 1 aromatic carbocycles. The third kappa shape index (κ3) is 5.18.